The van der Waals surface area contributed by atoms with E-state index in [2.05, 4.69) is 20.8 Å². The van der Waals surface area contributed by atoms with E-state index in [9.17, 15) is 4.79 Å². The quantitative estimate of drug-likeness (QED) is 0.515. The van der Waals surface area contributed by atoms with E-state index in [4.69, 9.17) is 17.3 Å². The minimum atomic E-state index is -0.667. The number of halogens is 1. The molecule has 0 aliphatic heterocycles. The molecule has 3 N–H and O–H groups in total. The molecule has 2 aromatic carbocycles. The molecule has 0 spiro atoms. The van der Waals surface area contributed by atoms with Crippen molar-refractivity contribution in [2.45, 2.75) is 24.9 Å². The second-order valence-corrected chi connectivity index (χ2v) is 8.02. The van der Waals surface area contributed by atoms with Gasteiger partial charge in [-0.15, -0.1) is 5.10 Å². The van der Waals surface area contributed by atoms with E-state index in [0.29, 0.717) is 17.4 Å². The van der Waals surface area contributed by atoms with Gasteiger partial charge in [-0.1, -0.05) is 41.9 Å². The zero-order valence-corrected chi connectivity index (χ0v) is 17.1. The number of nitrogens with zero attached hydrogens (tertiary/aromatic N) is 5. The number of hydrogen-bond acceptors (Lipinski definition) is 5. The van der Waals surface area contributed by atoms with Gasteiger partial charge in [-0.2, -0.15) is 0 Å². The van der Waals surface area contributed by atoms with Gasteiger partial charge in [0.1, 0.15) is 5.69 Å². The molecular weight excluding hydrogens is 402 g/mol. The molecule has 0 atom stereocenters. The van der Waals surface area contributed by atoms with Crippen molar-refractivity contribution in [2.24, 2.45) is 12.8 Å². The Morgan fingerprint density at radius 3 is 2.60 bits per heavy atom. The van der Waals surface area contributed by atoms with Crippen LogP contribution in [0.1, 0.15) is 18.4 Å². The Balaban J connectivity index is 1.53. The Labute approximate surface area is 177 Å². The first-order chi connectivity index (χ1) is 14.5. The maximum atomic E-state index is 12.1. The molecular formula is C21H20ClN7O. The second kappa shape index (κ2) is 6.93. The minimum absolute atomic E-state index is 0.0909. The lowest BCUT2D eigenvalue weighted by atomic mass is 10.2. The first-order valence-electron chi connectivity index (χ1n) is 9.66. The highest BCUT2D eigenvalue weighted by Gasteiger charge is 2.45. The summed E-state index contributed by atoms with van der Waals surface area (Å²) in [7, 11) is 1.78. The highest BCUT2D eigenvalue weighted by molar-refractivity contribution is 6.38. The summed E-state index contributed by atoms with van der Waals surface area (Å²) in [6, 6.07) is 15.9. The standard InChI is InChI=1S/C21H20ClN7O/c1-28-19(25-26-27-28)18-17(22)15-4-2-3-5-16(15)29(18)14-8-6-13(7-9-14)12-24-20(30)21(23)10-11-21/h2-9H,10-12,23H2,1H3,(H,24,30). The molecule has 152 valence electrons. The van der Waals surface area contributed by atoms with E-state index in [1.165, 1.54) is 0 Å². The number of nitrogens with two attached hydrogens (primary N) is 1. The predicted octanol–water partition coefficient (Wildman–Crippen LogP) is 2.58. The third kappa shape index (κ3) is 3.05. The van der Waals surface area contributed by atoms with Crippen molar-refractivity contribution in [3.8, 4) is 17.2 Å². The number of fused-ring (bicyclic) bond motifs is 1. The first kappa shape index (κ1) is 18.8. The zero-order chi connectivity index (χ0) is 20.9. The Hall–Kier alpha value is -3.23. The number of hydrogen-bond donors (Lipinski definition) is 2. The Morgan fingerprint density at radius 2 is 1.93 bits per heavy atom. The van der Waals surface area contributed by atoms with Crippen LogP contribution in [0.4, 0.5) is 0 Å². The minimum Gasteiger partial charge on any atom is -0.350 e. The van der Waals surface area contributed by atoms with Crippen molar-refractivity contribution < 1.29 is 4.79 Å². The van der Waals surface area contributed by atoms with Crippen molar-refractivity contribution in [1.82, 2.24) is 30.1 Å². The molecule has 1 amide bonds. The normalized spacial score (nSPS) is 14.8. The van der Waals surface area contributed by atoms with E-state index in [-0.39, 0.29) is 5.91 Å². The number of aromatic nitrogens is 5. The molecule has 8 nitrogen and oxygen atoms in total. The summed E-state index contributed by atoms with van der Waals surface area (Å²) >= 11 is 6.75. The predicted molar refractivity (Wildman–Crippen MR) is 114 cm³/mol. The number of rotatable bonds is 5. The zero-order valence-electron chi connectivity index (χ0n) is 16.3. The SMILES string of the molecule is Cn1nnnc1-c1c(Cl)c2ccccc2n1-c1ccc(CNC(=O)C2(N)CC2)cc1. The molecule has 9 heteroatoms. The fourth-order valence-corrected chi connectivity index (χ4v) is 3.91. The summed E-state index contributed by atoms with van der Waals surface area (Å²) in [5.41, 5.74) is 8.86. The maximum Gasteiger partial charge on any atom is 0.240 e. The average Bonchev–Trinajstić information content (AvgIpc) is 3.27. The van der Waals surface area contributed by atoms with Crippen LogP contribution in [0, 0.1) is 0 Å². The van der Waals surface area contributed by atoms with Crippen LogP contribution in [0.2, 0.25) is 5.02 Å². The Kier molecular flexibility index (Phi) is 4.34. The third-order valence-electron chi connectivity index (χ3n) is 5.53. The van der Waals surface area contributed by atoms with Crippen molar-refractivity contribution in [2.75, 3.05) is 0 Å². The number of benzene rings is 2. The summed E-state index contributed by atoms with van der Waals surface area (Å²) in [6.45, 7) is 0.436. The summed E-state index contributed by atoms with van der Waals surface area (Å²) in [5.74, 6) is 0.483. The molecule has 1 aliphatic rings. The Morgan fingerprint density at radius 1 is 1.20 bits per heavy atom. The van der Waals surface area contributed by atoms with Gasteiger partial charge in [-0.25, -0.2) is 4.68 Å². The summed E-state index contributed by atoms with van der Waals surface area (Å²) in [6.07, 6.45) is 1.50. The summed E-state index contributed by atoms with van der Waals surface area (Å²) < 4.78 is 3.64. The smallest absolute Gasteiger partial charge is 0.240 e. The van der Waals surface area contributed by atoms with Crippen LogP contribution in [-0.4, -0.2) is 36.2 Å². The van der Waals surface area contributed by atoms with Crippen LogP contribution < -0.4 is 11.1 Å². The third-order valence-corrected chi connectivity index (χ3v) is 5.92. The fraction of sp³-hybridized carbons (Fsp3) is 0.238. The van der Waals surface area contributed by atoms with Gasteiger partial charge >= 0.3 is 0 Å². The largest absolute Gasteiger partial charge is 0.350 e. The second-order valence-electron chi connectivity index (χ2n) is 7.65. The van der Waals surface area contributed by atoms with Gasteiger partial charge in [0, 0.05) is 24.7 Å². The van der Waals surface area contributed by atoms with Gasteiger partial charge in [-0.3, -0.25) is 4.79 Å². The lowest BCUT2D eigenvalue weighted by Gasteiger charge is -2.13. The molecule has 1 aliphatic carbocycles. The molecule has 30 heavy (non-hydrogen) atoms. The van der Waals surface area contributed by atoms with Crippen molar-refractivity contribution >= 4 is 28.4 Å². The molecule has 0 radical (unpaired) electrons. The van der Waals surface area contributed by atoms with E-state index < -0.39 is 5.54 Å². The van der Waals surface area contributed by atoms with Crippen LogP contribution in [-0.2, 0) is 18.4 Å². The van der Waals surface area contributed by atoms with Crippen molar-refractivity contribution in [3.63, 3.8) is 0 Å². The molecule has 1 saturated carbocycles. The van der Waals surface area contributed by atoms with E-state index in [1.807, 2.05) is 53.1 Å². The van der Waals surface area contributed by atoms with Crippen molar-refractivity contribution in [1.29, 1.82) is 0 Å². The van der Waals surface area contributed by atoms with Gasteiger partial charge < -0.3 is 15.6 Å². The van der Waals surface area contributed by atoms with E-state index in [0.717, 1.165) is 40.7 Å². The molecule has 0 bridgehead atoms. The molecule has 4 aromatic rings. The number of carbonyl (C=O) groups is 1. The average molecular weight is 422 g/mol. The van der Waals surface area contributed by atoms with E-state index >= 15 is 0 Å². The van der Waals surface area contributed by atoms with Crippen LogP contribution in [0.5, 0.6) is 0 Å². The fourth-order valence-electron chi connectivity index (χ4n) is 3.58. The molecule has 2 heterocycles. The highest BCUT2D eigenvalue weighted by Crippen LogP contribution is 2.38. The molecule has 0 unspecified atom stereocenters. The number of carbonyl (C=O) groups excluding carboxylic acids is 1. The van der Waals surface area contributed by atoms with Gasteiger partial charge in [0.05, 0.1) is 16.1 Å². The lowest BCUT2D eigenvalue weighted by molar-refractivity contribution is -0.123. The molecule has 5 rings (SSSR count). The van der Waals surface area contributed by atoms with E-state index in [1.54, 1.807) is 11.7 Å². The molecule has 2 aromatic heterocycles. The molecule has 0 saturated heterocycles. The Bertz CT molecular complexity index is 1250. The lowest BCUT2D eigenvalue weighted by Crippen LogP contribution is -2.42. The monoisotopic (exact) mass is 421 g/mol. The summed E-state index contributed by atoms with van der Waals surface area (Å²) in [5, 5.41) is 16.3. The number of aryl methyl sites for hydroxylation is 1. The van der Waals surface area contributed by atoms with Gasteiger partial charge in [0.15, 0.2) is 5.82 Å². The van der Waals surface area contributed by atoms with Gasteiger partial charge in [0.25, 0.3) is 0 Å². The summed E-state index contributed by atoms with van der Waals surface area (Å²) in [4.78, 5) is 12.1. The number of tetrazole rings is 1. The van der Waals surface area contributed by atoms with Crippen LogP contribution in [0.25, 0.3) is 28.1 Å². The number of para-hydroxylation sites is 1. The number of amides is 1. The van der Waals surface area contributed by atoms with Crippen LogP contribution in [0.15, 0.2) is 48.5 Å². The van der Waals surface area contributed by atoms with Gasteiger partial charge in [-0.05, 0) is 47.0 Å². The molecule has 1 fully saturated rings. The highest BCUT2D eigenvalue weighted by atomic mass is 35.5. The van der Waals surface area contributed by atoms with Crippen LogP contribution in [0.3, 0.4) is 0 Å². The maximum absolute atomic E-state index is 12.1. The first-order valence-corrected chi connectivity index (χ1v) is 10.0. The topological polar surface area (TPSA) is 104 Å². The van der Waals surface area contributed by atoms with Gasteiger partial charge in [0.2, 0.25) is 5.91 Å². The van der Waals surface area contributed by atoms with Crippen molar-refractivity contribution in [3.05, 3.63) is 59.1 Å². The number of nitrogens with one attached hydrogen (secondary N) is 1. The van der Waals surface area contributed by atoms with Crippen LogP contribution >= 0.6 is 11.6 Å².